The minimum Gasteiger partial charge on any atom is -0.492 e. The van der Waals surface area contributed by atoms with Gasteiger partial charge in [-0.25, -0.2) is 8.42 Å². The highest BCUT2D eigenvalue weighted by molar-refractivity contribution is 8.00. The van der Waals surface area contributed by atoms with Crippen LogP contribution in [0.3, 0.4) is 0 Å². The molecule has 0 aromatic heterocycles. The summed E-state index contributed by atoms with van der Waals surface area (Å²) >= 11 is 7.43. The fourth-order valence-electron chi connectivity index (χ4n) is 2.88. The number of nitrogens with one attached hydrogen (secondary N) is 1. The molecule has 10 heteroatoms. The van der Waals surface area contributed by atoms with Crippen LogP contribution < -0.4 is 10.1 Å². The molecule has 1 amide bonds. The van der Waals surface area contributed by atoms with E-state index in [0.717, 1.165) is 4.90 Å². The Morgan fingerprint density at radius 1 is 1.23 bits per heavy atom. The summed E-state index contributed by atoms with van der Waals surface area (Å²) in [4.78, 5) is 13.4. The Morgan fingerprint density at radius 3 is 2.67 bits per heavy atom. The maximum Gasteiger partial charge on any atom is 0.243 e. The van der Waals surface area contributed by atoms with E-state index >= 15 is 0 Å². The summed E-state index contributed by atoms with van der Waals surface area (Å²) in [5.41, 5.74) is 0.316. The number of hydrogen-bond acceptors (Lipinski definition) is 6. The molecular weight excluding hydrogens is 448 g/mol. The molecule has 162 valence electrons. The molecule has 3 rings (SSSR count). The SMILES string of the molecule is CCOc1ccc(S(=O)(=O)N2CCOCC2)cc1NC(=O)CSc1ccccc1Cl. The average molecular weight is 471 g/mol. The van der Waals surface area contributed by atoms with Crippen molar-refractivity contribution in [3.05, 3.63) is 47.5 Å². The van der Waals surface area contributed by atoms with Crippen LogP contribution in [-0.4, -0.2) is 57.3 Å². The highest BCUT2D eigenvalue weighted by Crippen LogP contribution is 2.31. The van der Waals surface area contributed by atoms with Gasteiger partial charge >= 0.3 is 0 Å². The lowest BCUT2D eigenvalue weighted by Crippen LogP contribution is -2.40. The molecule has 0 saturated carbocycles. The van der Waals surface area contributed by atoms with Gasteiger partial charge in [-0.1, -0.05) is 23.7 Å². The Bertz CT molecular complexity index is 994. The van der Waals surface area contributed by atoms with Gasteiger partial charge in [0.15, 0.2) is 0 Å². The molecule has 0 atom stereocenters. The Morgan fingerprint density at radius 2 is 1.97 bits per heavy atom. The van der Waals surface area contributed by atoms with Crippen LogP contribution in [0.15, 0.2) is 52.3 Å². The van der Waals surface area contributed by atoms with Crippen LogP contribution >= 0.6 is 23.4 Å². The van der Waals surface area contributed by atoms with Crippen LogP contribution in [0, 0.1) is 0 Å². The number of thioether (sulfide) groups is 1. The fraction of sp³-hybridized carbons (Fsp3) is 0.350. The van der Waals surface area contributed by atoms with Crippen LogP contribution in [0.1, 0.15) is 6.92 Å². The van der Waals surface area contributed by atoms with Gasteiger partial charge in [-0.05, 0) is 37.3 Å². The smallest absolute Gasteiger partial charge is 0.243 e. The van der Waals surface area contributed by atoms with Gasteiger partial charge in [-0.3, -0.25) is 4.79 Å². The molecule has 0 unspecified atom stereocenters. The molecule has 1 aliphatic rings. The van der Waals surface area contributed by atoms with Crippen molar-refractivity contribution in [2.45, 2.75) is 16.7 Å². The van der Waals surface area contributed by atoms with Crippen LogP contribution in [-0.2, 0) is 19.6 Å². The van der Waals surface area contributed by atoms with Gasteiger partial charge in [0.1, 0.15) is 5.75 Å². The minimum atomic E-state index is -3.69. The summed E-state index contributed by atoms with van der Waals surface area (Å²) < 4.78 is 38.1. The maximum absolute atomic E-state index is 12.9. The van der Waals surface area contributed by atoms with Gasteiger partial charge in [0.05, 0.1) is 41.2 Å². The average Bonchev–Trinajstić information content (AvgIpc) is 2.75. The number of carbonyl (C=O) groups is 1. The monoisotopic (exact) mass is 470 g/mol. The van der Waals surface area contributed by atoms with Crippen LogP contribution in [0.4, 0.5) is 5.69 Å². The number of carbonyl (C=O) groups excluding carboxylic acids is 1. The lowest BCUT2D eigenvalue weighted by Gasteiger charge is -2.26. The van der Waals surface area contributed by atoms with Gasteiger partial charge in [-0.15, -0.1) is 11.8 Å². The molecule has 0 spiro atoms. The van der Waals surface area contributed by atoms with Crippen molar-refractivity contribution < 1.29 is 22.7 Å². The molecule has 0 radical (unpaired) electrons. The number of sulfonamides is 1. The molecule has 1 aliphatic heterocycles. The Hall–Kier alpha value is -1.78. The van der Waals surface area contributed by atoms with E-state index in [1.54, 1.807) is 12.1 Å². The Balaban J connectivity index is 1.77. The van der Waals surface area contributed by atoms with Crippen molar-refractivity contribution in [2.24, 2.45) is 0 Å². The van der Waals surface area contributed by atoms with E-state index in [-0.39, 0.29) is 16.6 Å². The molecule has 1 saturated heterocycles. The summed E-state index contributed by atoms with van der Waals surface area (Å²) in [5, 5.41) is 3.34. The van der Waals surface area contributed by atoms with Crippen molar-refractivity contribution in [3.63, 3.8) is 0 Å². The number of anilines is 1. The third kappa shape index (κ3) is 5.67. The summed E-state index contributed by atoms with van der Waals surface area (Å²) in [6, 6.07) is 11.8. The zero-order valence-corrected chi connectivity index (χ0v) is 18.9. The van der Waals surface area contributed by atoms with E-state index in [9.17, 15) is 13.2 Å². The summed E-state index contributed by atoms with van der Waals surface area (Å²) in [5.74, 6) is 0.242. The van der Waals surface area contributed by atoms with E-state index < -0.39 is 10.0 Å². The van der Waals surface area contributed by atoms with Crippen molar-refractivity contribution >= 4 is 45.0 Å². The number of amides is 1. The molecule has 30 heavy (non-hydrogen) atoms. The minimum absolute atomic E-state index is 0.0990. The number of hydrogen-bond donors (Lipinski definition) is 1. The molecule has 1 N–H and O–H groups in total. The molecule has 2 aromatic carbocycles. The van der Waals surface area contributed by atoms with Crippen molar-refractivity contribution in [1.29, 1.82) is 0 Å². The molecule has 2 aromatic rings. The Labute approximate surface area is 185 Å². The van der Waals surface area contributed by atoms with Gasteiger partial charge in [0, 0.05) is 18.0 Å². The fourth-order valence-corrected chi connectivity index (χ4v) is 5.35. The zero-order valence-electron chi connectivity index (χ0n) is 16.5. The third-order valence-electron chi connectivity index (χ3n) is 4.33. The summed E-state index contributed by atoms with van der Waals surface area (Å²) in [7, 11) is -3.69. The quantitative estimate of drug-likeness (QED) is 0.594. The lowest BCUT2D eigenvalue weighted by atomic mass is 10.3. The van der Waals surface area contributed by atoms with E-state index in [1.165, 1.54) is 28.2 Å². The van der Waals surface area contributed by atoms with Gasteiger partial charge < -0.3 is 14.8 Å². The van der Waals surface area contributed by atoms with E-state index in [4.69, 9.17) is 21.1 Å². The normalized spacial score (nSPS) is 15.0. The largest absolute Gasteiger partial charge is 0.492 e. The molecular formula is C20H23ClN2O5S2. The third-order valence-corrected chi connectivity index (χ3v) is 7.74. The van der Waals surface area contributed by atoms with E-state index in [0.29, 0.717) is 49.4 Å². The second-order valence-corrected chi connectivity index (χ2v) is 9.74. The number of benzene rings is 2. The second-order valence-electron chi connectivity index (χ2n) is 6.37. The first-order valence-corrected chi connectivity index (χ1v) is 12.2. The van der Waals surface area contributed by atoms with Crippen molar-refractivity contribution in [2.75, 3.05) is 44.0 Å². The second kappa shape index (κ2) is 10.5. The lowest BCUT2D eigenvalue weighted by molar-refractivity contribution is -0.113. The number of ether oxygens (including phenoxy) is 2. The summed E-state index contributed by atoms with van der Waals surface area (Å²) in [6.07, 6.45) is 0. The topological polar surface area (TPSA) is 84.9 Å². The van der Waals surface area contributed by atoms with Crippen molar-refractivity contribution in [3.8, 4) is 5.75 Å². The van der Waals surface area contributed by atoms with Gasteiger partial charge in [0.2, 0.25) is 15.9 Å². The first-order chi connectivity index (χ1) is 14.4. The number of halogens is 1. The van der Waals surface area contributed by atoms with E-state index in [1.807, 2.05) is 25.1 Å². The maximum atomic E-state index is 12.9. The van der Waals surface area contributed by atoms with Crippen LogP contribution in [0.2, 0.25) is 5.02 Å². The van der Waals surface area contributed by atoms with Gasteiger partial charge in [-0.2, -0.15) is 4.31 Å². The standard InChI is InChI=1S/C20H23ClN2O5S2/c1-2-28-18-8-7-15(30(25,26)23-9-11-27-12-10-23)13-17(18)22-20(24)14-29-19-6-4-3-5-16(19)21/h3-8,13H,2,9-12,14H2,1H3,(H,22,24). The van der Waals surface area contributed by atoms with E-state index in [2.05, 4.69) is 5.32 Å². The highest BCUT2D eigenvalue weighted by atomic mass is 35.5. The highest BCUT2D eigenvalue weighted by Gasteiger charge is 2.27. The zero-order chi connectivity index (χ0) is 21.6. The number of nitrogens with zero attached hydrogens (tertiary/aromatic N) is 1. The molecule has 0 bridgehead atoms. The Kier molecular flexibility index (Phi) is 8.01. The first-order valence-electron chi connectivity index (χ1n) is 9.43. The molecule has 1 heterocycles. The molecule has 7 nitrogen and oxygen atoms in total. The molecule has 0 aliphatic carbocycles. The van der Waals surface area contributed by atoms with Crippen LogP contribution in [0.5, 0.6) is 5.75 Å². The predicted octanol–water partition coefficient (Wildman–Crippen LogP) is 3.49. The predicted molar refractivity (Wildman–Crippen MR) is 118 cm³/mol. The molecule has 1 fully saturated rings. The van der Waals surface area contributed by atoms with Crippen molar-refractivity contribution in [1.82, 2.24) is 4.31 Å². The summed E-state index contributed by atoms with van der Waals surface area (Å²) in [6.45, 7) is 3.51. The number of morpholine rings is 1. The van der Waals surface area contributed by atoms with Gasteiger partial charge in [0.25, 0.3) is 0 Å². The number of rotatable bonds is 8. The van der Waals surface area contributed by atoms with Crippen LogP contribution in [0.25, 0.3) is 0 Å². The first kappa shape index (κ1) is 22.9.